The number of hydrogen-bond donors (Lipinski definition) is 3. The molecule has 0 aromatic heterocycles. The first-order chi connectivity index (χ1) is 5.15. The van der Waals surface area contributed by atoms with E-state index in [0.29, 0.717) is 11.4 Å². The summed E-state index contributed by atoms with van der Waals surface area (Å²) in [6.07, 6.45) is 0. The summed E-state index contributed by atoms with van der Waals surface area (Å²) in [5, 5.41) is 3.03. The second kappa shape index (κ2) is 2.70. The first kappa shape index (κ1) is 7.72. The fourth-order valence-electron chi connectivity index (χ4n) is 1.02. The fraction of sp³-hybridized carbons (Fsp3) is 0.250. The van der Waals surface area contributed by atoms with Crippen LogP contribution in [0.5, 0.6) is 0 Å². The van der Waals surface area contributed by atoms with Crippen molar-refractivity contribution in [2.24, 2.45) is 0 Å². The van der Waals surface area contributed by atoms with Crippen LogP contribution >= 0.6 is 0 Å². The van der Waals surface area contributed by atoms with E-state index in [-0.39, 0.29) is 0 Å². The maximum atomic E-state index is 5.60. The van der Waals surface area contributed by atoms with Gasteiger partial charge in [-0.2, -0.15) is 0 Å². The van der Waals surface area contributed by atoms with Crippen LogP contribution in [-0.2, 0) is 0 Å². The fourth-order valence-corrected chi connectivity index (χ4v) is 1.02. The molecule has 0 heterocycles. The van der Waals surface area contributed by atoms with E-state index in [1.807, 2.05) is 26.1 Å². The first-order valence-electron chi connectivity index (χ1n) is 3.48. The molecule has 0 atom stereocenters. The second-order valence-electron chi connectivity index (χ2n) is 2.55. The van der Waals surface area contributed by atoms with Crippen LogP contribution in [-0.4, -0.2) is 7.05 Å². The van der Waals surface area contributed by atoms with Crippen molar-refractivity contribution in [1.82, 2.24) is 0 Å². The molecular formula is C8H13N3. The van der Waals surface area contributed by atoms with Crippen LogP contribution in [0.15, 0.2) is 12.1 Å². The zero-order valence-corrected chi connectivity index (χ0v) is 6.81. The molecule has 5 N–H and O–H groups in total. The summed E-state index contributed by atoms with van der Waals surface area (Å²) < 4.78 is 0. The van der Waals surface area contributed by atoms with Gasteiger partial charge in [-0.25, -0.2) is 0 Å². The van der Waals surface area contributed by atoms with Gasteiger partial charge < -0.3 is 16.8 Å². The minimum Gasteiger partial charge on any atom is -0.397 e. The van der Waals surface area contributed by atoms with Crippen molar-refractivity contribution >= 4 is 17.1 Å². The summed E-state index contributed by atoms with van der Waals surface area (Å²) in [7, 11) is 1.86. The van der Waals surface area contributed by atoms with Gasteiger partial charge in [-0.05, 0) is 24.6 Å². The summed E-state index contributed by atoms with van der Waals surface area (Å²) in [4.78, 5) is 0. The molecule has 11 heavy (non-hydrogen) atoms. The standard InChI is InChI=1S/C8H13N3/c1-5-3-6(9)7(10)4-8(5)11-2/h3-4,11H,9-10H2,1-2H3. The van der Waals surface area contributed by atoms with Gasteiger partial charge >= 0.3 is 0 Å². The van der Waals surface area contributed by atoms with Gasteiger partial charge in [-0.15, -0.1) is 0 Å². The third kappa shape index (κ3) is 1.37. The lowest BCUT2D eigenvalue weighted by Gasteiger charge is -2.07. The van der Waals surface area contributed by atoms with Crippen LogP contribution in [0.2, 0.25) is 0 Å². The van der Waals surface area contributed by atoms with E-state index in [0.717, 1.165) is 11.3 Å². The molecule has 1 aromatic carbocycles. The SMILES string of the molecule is CNc1cc(N)c(N)cc1C. The minimum atomic E-state index is 0.625. The smallest absolute Gasteiger partial charge is 0.0568 e. The highest BCUT2D eigenvalue weighted by Gasteiger charge is 1.99. The Bertz CT molecular complexity index is 268. The van der Waals surface area contributed by atoms with E-state index >= 15 is 0 Å². The van der Waals surface area contributed by atoms with Crippen molar-refractivity contribution in [2.75, 3.05) is 23.8 Å². The summed E-state index contributed by atoms with van der Waals surface area (Å²) in [5.74, 6) is 0. The quantitative estimate of drug-likeness (QED) is 0.528. The van der Waals surface area contributed by atoms with Crippen molar-refractivity contribution in [3.63, 3.8) is 0 Å². The van der Waals surface area contributed by atoms with E-state index in [4.69, 9.17) is 11.5 Å². The van der Waals surface area contributed by atoms with Gasteiger partial charge in [-0.1, -0.05) is 0 Å². The third-order valence-electron chi connectivity index (χ3n) is 1.70. The van der Waals surface area contributed by atoms with Crippen LogP contribution in [0.25, 0.3) is 0 Å². The Kier molecular flexibility index (Phi) is 1.89. The minimum absolute atomic E-state index is 0.625. The number of nitrogens with one attached hydrogen (secondary N) is 1. The van der Waals surface area contributed by atoms with E-state index in [1.54, 1.807) is 0 Å². The van der Waals surface area contributed by atoms with Gasteiger partial charge in [0.1, 0.15) is 0 Å². The van der Waals surface area contributed by atoms with E-state index < -0.39 is 0 Å². The Balaban J connectivity index is 3.21. The summed E-state index contributed by atoms with van der Waals surface area (Å²) >= 11 is 0. The highest BCUT2D eigenvalue weighted by molar-refractivity contribution is 5.72. The van der Waals surface area contributed by atoms with Gasteiger partial charge in [0.15, 0.2) is 0 Å². The van der Waals surface area contributed by atoms with Crippen LogP contribution < -0.4 is 16.8 Å². The highest BCUT2D eigenvalue weighted by Crippen LogP contribution is 2.23. The average molecular weight is 151 g/mol. The molecule has 0 spiro atoms. The van der Waals surface area contributed by atoms with E-state index in [2.05, 4.69) is 5.32 Å². The number of nitrogen functional groups attached to an aromatic ring is 2. The Labute approximate surface area is 66.4 Å². The maximum Gasteiger partial charge on any atom is 0.0568 e. The molecule has 1 rings (SSSR count). The predicted octanol–water partition coefficient (Wildman–Crippen LogP) is 1.20. The molecule has 0 unspecified atom stereocenters. The molecule has 0 aliphatic rings. The average Bonchev–Trinajstić information content (AvgIpc) is 1.97. The maximum absolute atomic E-state index is 5.60. The van der Waals surface area contributed by atoms with Crippen molar-refractivity contribution < 1.29 is 0 Å². The molecule has 0 aliphatic heterocycles. The van der Waals surface area contributed by atoms with Gasteiger partial charge in [0.25, 0.3) is 0 Å². The van der Waals surface area contributed by atoms with Crippen molar-refractivity contribution in [3.8, 4) is 0 Å². The first-order valence-corrected chi connectivity index (χ1v) is 3.48. The van der Waals surface area contributed by atoms with Gasteiger partial charge in [-0.3, -0.25) is 0 Å². The lowest BCUT2D eigenvalue weighted by molar-refractivity contribution is 1.41. The lowest BCUT2D eigenvalue weighted by Crippen LogP contribution is -1.98. The molecular weight excluding hydrogens is 138 g/mol. The monoisotopic (exact) mass is 151 g/mol. The van der Waals surface area contributed by atoms with Gasteiger partial charge in [0, 0.05) is 12.7 Å². The molecule has 0 amide bonds. The van der Waals surface area contributed by atoms with Gasteiger partial charge in [0.2, 0.25) is 0 Å². The van der Waals surface area contributed by atoms with Crippen molar-refractivity contribution in [1.29, 1.82) is 0 Å². The largest absolute Gasteiger partial charge is 0.397 e. The summed E-state index contributed by atoms with van der Waals surface area (Å²) in [5.41, 5.74) is 14.6. The number of hydrogen-bond acceptors (Lipinski definition) is 3. The van der Waals surface area contributed by atoms with E-state index in [9.17, 15) is 0 Å². The molecule has 60 valence electrons. The molecule has 0 radical (unpaired) electrons. The highest BCUT2D eigenvalue weighted by atomic mass is 14.8. The number of benzene rings is 1. The Morgan fingerprint density at radius 1 is 1.18 bits per heavy atom. The molecule has 3 heteroatoms. The Morgan fingerprint density at radius 3 is 2.27 bits per heavy atom. The molecule has 0 saturated carbocycles. The molecule has 0 saturated heterocycles. The topological polar surface area (TPSA) is 64.1 Å². The zero-order valence-electron chi connectivity index (χ0n) is 6.81. The predicted molar refractivity (Wildman–Crippen MR) is 49.6 cm³/mol. The Morgan fingerprint density at radius 2 is 1.73 bits per heavy atom. The number of rotatable bonds is 1. The van der Waals surface area contributed by atoms with Crippen molar-refractivity contribution in [3.05, 3.63) is 17.7 Å². The van der Waals surface area contributed by atoms with Crippen LogP contribution in [0.3, 0.4) is 0 Å². The van der Waals surface area contributed by atoms with Crippen LogP contribution in [0.1, 0.15) is 5.56 Å². The third-order valence-corrected chi connectivity index (χ3v) is 1.70. The molecule has 0 fully saturated rings. The number of nitrogens with two attached hydrogens (primary N) is 2. The summed E-state index contributed by atoms with van der Waals surface area (Å²) in [6, 6.07) is 3.70. The molecule has 0 aliphatic carbocycles. The number of anilines is 3. The van der Waals surface area contributed by atoms with Crippen LogP contribution in [0.4, 0.5) is 17.1 Å². The normalized spacial score (nSPS) is 9.64. The zero-order chi connectivity index (χ0) is 8.43. The Hall–Kier alpha value is -1.38. The second-order valence-corrected chi connectivity index (χ2v) is 2.55. The van der Waals surface area contributed by atoms with Crippen molar-refractivity contribution in [2.45, 2.75) is 6.92 Å². The van der Waals surface area contributed by atoms with Crippen LogP contribution in [0, 0.1) is 6.92 Å². The van der Waals surface area contributed by atoms with Gasteiger partial charge in [0.05, 0.1) is 11.4 Å². The number of aryl methyl sites for hydroxylation is 1. The van der Waals surface area contributed by atoms with E-state index in [1.165, 1.54) is 0 Å². The summed E-state index contributed by atoms with van der Waals surface area (Å²) in [6.45, 7) is 1.99. The lowest BCUT2D eigenvalue weighted by atomic mass is 10.1. The molecule has 0 bridgehead atoms. The molecule has 3 nitrogen and oxygen atoms in total. The molecule has 1 aromatic rings.